The average molecular weight is 437 g/mol. The lowest BCUT2D eigenvalue weighted by molar-refractivity contribution is -0.0497. The van der Waals surface area contributed by atoms with Crippen LogP contribution in [0.5, 0.6) is 5.75 Å². The van der Waals surface area contributed by atoms with Gasteiger partial charge in [-0.1, -0.05) is 11.6 Å². The zero-order chi connectivity index (χ0) is 20.8. The molecule has 3 fully saturated rings. The highest BCUT2D eigenvalue weighted by atomic mass is 35.5. The number of alkyl halides is 2. The largest absolute Gasteiger partial charge is 0.433 e. The quantitative estimate of drug-likeness (QED) is 0.735. The molecule has 9 heteroatoms. The van der Waals surface area contributed by atoms with Crippen LogP contribution in [0.1, 0.15) is 41.0 Å². The normalized spacial score (nSPS) is 23.0. The minimum absolute atomic E-state index is 0.00407. The third kappa shape index (κ3) is 3.46. The van der Waals surface area contributed by atoms with Crippen molar-refractivity contribution in [2.75, 3.05) is 26.2 Å². The highest BCUT2D eigenvalue weighted by Crippen LogP contribution is 2.33. The van der Waals surface area contributed by atoms with Gasteiger partial charge in [0.05, 0.1) is 10.7 Å². The summed E-state index contributed by atoms with van der Waals surface area (Å²) < 4.78 is 31.2. The van der Waals surface area contributed by atoms with E-state index in [1.807, 2.05) is 4.90 Å². The van der Waals surface area contributed by atoms with Gasteiger partial charge in [-0.05, 0) is 50.3 Å². The first-order valence-corrected chi connectivity index (χ1v) is 10.8. The first-order chi connectivity index (χ1) is 14.5. The molecular formula is C21H23ClF2N4O2. The Morgan fingerprint density at radius 1 is 1.17 bits per heavy atom. The van der Waals surface area contributed by atoms with Crippen molar-refractivity contribution in [3.63, 3.8) is 0 Å². The molecule has 2 bridgehead atoms. The van der Waals surface area contributed by atoms with E-state index in [0.717, 1.165) is 69.5 Å². The number of carbonyl (C=O) groups is 1. The van der Waals surface area contributed by atoms with Crippen molar-refractivity contribution in [2.24, 2.45) is 0 Å². The zero-order valence-corrected chi connectivity index (χ0v) is 17.2. The molecule has 6 nitrogen and oxygen atoms in total. The van der Waals surface area contributed by atoms with Gasteiger partial charge in [0.2, 0.25) is 0 Å². The molecule has 1 amide bonds. The minimum Gasteiger partial charge on any atom is -0.433 e. The molecule has 160 valence electrons. The Labute approximate surface area is 178 Å². The van der Waals surface area contributed by atoms with Crippen molar-refractivity contribution in [3.05, 3.63) is 40.2 Å². The van der Waals surface area contributed by atoms with E-state index in [1.165, 1.54) is 6.07 Å². The molecule has 0 radical (unpaired) electrons. The Morgan fingerprint density at radius 2 is 1.97 bits per heavy atom. The van der Waals surface area contributed by atoms with Crippen LogP contribution in [0.4, 0.5) is 8.78 Å². The SMILES string of the molecule is O=C(c1nn(-c2ccc(OC(F)F)c(Cl)c2)c2c1CCC2)N1CCN2CCC1CC2. The molecule has 6 rings (SSSR count). The van der Waals surface area contributed by atoms with Crippen molar-refractivity contribution >= 4 is 17.5 Å². The molecule has 1 aromatic heterocycles. The van der Waals surface area contributed by atoms with E-state index in [9.17, 15) is 13.6 Å². The summed E-state index contributed by atoms with van der Waals surface area (Å²) in [4.78, 5) is 17.9. The van der Waals surface area contributed by atoms with Crippen molar-refractivity contribution in [1.29, 1.82) is 0 Å². The number of ether oxygens (including phenoxy) is 1. The molecule has 4 aliphatic rings. The van der Waals surface area contributed by atoms with Crippen LogP contribution in [0.2, 0.25) is 5.02 Å². The third-order valence-electron chi connectivity index (χ3n) is 6.42. The molecule has 0 atom stereocenters. The van der Waals surface area contributed by atoms with Crippen LogP contribution in [0.3, 0.4) is 0 Å². The smallest absolute Gasteiger partial charge is 0.387 e. The molecule has 0 N–H and O–H groups in total. The van der Waals surface area contributed by atoms with Gasteiger partial charge in [0.15, 0.2) is 5.69 Å². The summed E-state index contributed by atoms with van der Waals surface area (Å²) in [6.45, 7) is 0.800. The molecule has 3 aliphatic heterocycles. The summed E-state index contributed by atoms with van der Waals surface area (Å²) in [7, 11) is 0. The number of aromatic nitrogens is 2. The van der Waals surface area contributed by atoms with E-state index in [1.54, 1.807) is 16.8 Å². The molecule has 0 spiro atoms. The first-order valence-electron chi connectivity index (χ1n) is 10.4. The maximum absolute atomic E-state index is 13.5. The Bertz CT molecular complexity index is 972. The summed E-state index contributed by atoms with van der Waals surface area (Å²) in [6, 6.07) is 4.89. The number of fused-ring (bicyclic) bond motifs is 5. The van der Waals surface area contributed by atoms with Gasteiger partial charge in [-0.15, -0.1) is 0 Å². The van der Waals surface area contributed by atoms with E-state index in [4.69, 9.17) is 11.6 Å². The van der Waals surface area contributed by atoms with Crippen LogP contribution in [0.25, 0.3) is 5.69 Å². The number of rotatable bonds is 4. The minimum atomic E-state index is -2.94. The summed E-state index contributed by atoms with van der Waals surface area (Å²) in [5.41, 5.74) is 3.16. The zero-order valence-electron chi connectivity index (χ0n) is 16.5. The number of amides is 1. The number of hydrogen-bond donors (Lipinski definition) is 0. The second kappa shape index (κ2) is 7.81. The Morgan fingerprint density at radius 3 is 2.70 bits per heavy atom. The fourth-order valence-corrected chi connectivity index (χ4v) is 5.14. The standard InChI is InChI=1S/C21H23ClF2N4O2/c22-16-12-14(4-5-18(16)30-21(23)24)28-17-3-1-2-15(17)19(25-28)20(29)27-11-10-26-8-6-13(27)7-9-26/h4-5,12-13,21H,1-3,6-11H2. The molecule has 0 saturated carbocycles. The van der Waals surface area contributed by atoms with Crippen molar-refractivity contribution in [1.82, 2.24) is 19.6 Å². The second-order valence-electron chi connectivity index (χ2n) is 8.10. The molecule has 2 aromatic rings. The van der Waals surface area contributed by atoms with E-state index in [0.29, 0.717) is 11.4 Å². The topological polar surface area (TPSA) is 50.6 Å². The second-order valence-corrected chi connectivity index (χ2v) is 8.51. The lowest BCUT2D eigenvalue weighted by Gasteiger charge is -2.31. The van der Waals surface area contributed by atoms with Gasteiger partial charge in [-0.2, -0.15) is 13.9 Å². The molecule has 30 heavy (non-hydrogen) atoms. The van der Waals surface area contributed by atoms with Crippen LogP contribution in [0, 0.1) is 0 Å². The van der Waals surface area contributed by atoms with Crippen LogP contribution in [-0.4, -0.2) is 64.3 Å². The maximum atomic E-state index is 13.5. The number of hydrogen-bond acceptors (Lipinski definition) is 4. The number of nitrogens with zero attached hydrogens (tertiary/aromatic N) is 4. The van der Waals surface area contributed by atoms with Gasteiger partial charge in [0.1, 0.15) is 5.75 Å². The summed E-state index contributed by atoms with van der Waals surface area (Å²) in [5.74, 6) is -0.0738. The van der Waals surface area contributed by atoms with Crippen molar-refractivity contribution < 1.29 is 18.3 Å². The van der Waals surface area contributed by atoms with Gasteiger partial charge < -0.3 is 14.5 Å². The fraction of sp³-hybridized carbons (Fsp3) is 0.524. The van der Waals surface area contributed by atoms with Crippen LogP contribution in [0.15, 0.2) is 18.2 Å². The lowest BCUT2D eigenvalue weighted by atomic mass is 10.0. The van der Waals surface area contributed by atoms with Gasteiger partial charge >= 0.3 is 6.61 Å². The Kier molecular flexibility index (Phi) is 5.14. The van der Waals surface area contributed by atoms with Crippen LogP contribution >= 0.6 is 11.6 Å². The summed E-state index contributed by atoms with van der Waals surface area (Å²) in [5, 5.41) is 4.77. The number of carbonyl (C=O) groups excluding carboxylic acids is 1. The van der Waals surface area contributed by atoms with Crippen LogP contribution < -0.4 is 4.74 Å². The molecule has 0 unspecified atom stereocenters. The lowest BCUT2D eigenvalue weighted by Crippen LogP contribution is -2.42. The first kappa shape index (κ1) is 19.8. The highest BCUT2D eigenvalue weighted by Gasteiger charge is 2.36. The Hall–Kier alpha value is -2.19. The predicted octanol–water partition coefficient (Wildman–Crippen LogP) is 3.54. The molecule has 4 heterocycles. The number of halogens is 3. The van der Waals surface area contributed by atoms with Gasteiger partial charge in [-0.3, -0.25) is 4.79 Å². The fourth-order valence-electron chi connectivity index (χ4n) is 4.93. The van der Waals surface area contributed by atoms with E-state index in [-0.39, 0.29) is 22.7 Å². The number of piperidine rings is 1. The van der Waals surface area contributed by atoms with Gasteiger partial charge in [-0.25, -0.2) is 4.68 Å². The van der Waals surface area contributed by atoms with E-state index >= 15 is 0 Å². The summed E-state index contributed by atoms with van der Waals surface area (Å²) in [6.07, 6.45) is 4.62. The molecular weight excluding hydrogens is 414 g/mol. The molecule has 1 aromatic carbocycles. The monoisotopic (exact) mass is 436 g/mol. The van der Waals surface area contributed by atoms with E-state index in [2.05, 4.69) is 14.7 Å². The maximum Gasteiger partial charge on any atom is 0.387 e. The van der Waals surface area contributed by atoms with Crippen molar-refractivity contribution in [2.45, 2.75) is 44.8 Å². The van der Waals surface area contributed by atoms with Crippen LogP contribution in [-0.2, 0) is 12.8 Å². The van der Waals surface area contributed by atoms with E-state index < -0.39 is 6.61 Å². The van der Waals surface area contributed by atoms with Gasteiger partial charge in [0, 0.05) is 43.5 Å². The van der Waals surface area contributed by atoms with Crippen molar-refractivity contribution in [3.8, 4) is 11.4 Å². The molecule has 3 saturated heterocycles. The third-order valence-corrected chi connectivity index (χ3v) is 6.72. The average Bonchev–Trinajstić information content (AvgIpc) is 3.21. The van der Waals surface area contributed by atoms with Gasteiger partial charge in [0.25, 0.3) is 5.91 Å². The number of benzene rings is 1. The molecule has 1 aliphatic carbocycles. The highest BCUT2D eigenvalue weighted by molar-refractivity contribution is 6.32. The summed E-state index contributed by atoms with van der Waals surface area (Å²) >= 11 is 6.15. The Balaban J connectivity index is 1.48. The predicted molar refractivity (Wildman–Crippen MR) is 108 cm³/mol.